The fourth-order valence-corrected chi connectivity index (χ4v) is 4.10. The van der Waals surface area contributed by atoms with Gasteiger partial charge in [-0.05, 0) is 42.0 Å². The molecule has 0 bridgehead atoms. The van der Waals surface area contributed by atoms with E-state index in [-0.39, 0.29) is 5.91 Å². The molecule has 0 saturated carbocycles. The van der Waals surface area contributed by atoms with Gasteiger partial charge in [0.15, 0.2) is 0 Å². The minimum Gasteiger partial charge on any atom is -0.352 e. The van der Waals surface area contributed by atoms with E-state index in [2.05, 4.69) is 40.2 Å². The zero-order valence-electron chi connectivity index (χ0n) is 14.8. The number of hydrogen-bond acceptors (Lipinski definition) is 4. The lowest BCUT2D eigenvalue weighted by atomic mass is 9.97. The van der Waals surface area contributed by atoms with Crippen LogP contribution in [0.1, 0.15) is 35.4 Å². The van der Waals surface area contributed by atoms with E-state index in [4.69, 9.17) is 0 Å². The summed E-state index contributed by atoms with van der Waals surface area (Å²) in [5.41, 5.74) is 3.34. The highest BCUT2D eigenvalue weighted by Crippen LogP contribution is 2.35. The van der Waals surface area contributed by atoms with Crippen molar-refractivity contribution in [2.75, 3.05) is 31.1 Å². The van der Waals surface area contributed by atoms with Gasteiger partial charge in [0.1, 0.15) is 11.9 Å². The van der Waals surface area contributed by atoms with Crippen molar-refractivity contribution in [3.63, 3.8) is 0 Å². The van der Waals surface area contributed by atoms with Crippen molar-refractivity contribution < 1.29 is 4.79 Å². The first-order chi connectivity index (χ1) is 12.8. The summed E-state index contributed by atoms with van der Waals surface area (Å²) in [5.74, 6) is 1.33. The lowest BCUT2D eigenvalue weighted by molar-refractivity contribution is -0.131. The van der Waals surface area contributed by atoms with Crippen LogP contribution in [-0.4, -0.2) is 42.0 Å². The van der Waals surface area contributed by atoms with Gasteiger partial charge in [-0.3, -0.25) is 4.79 Å². The van der Waals surface area contributed by atoms with Crippen molar-refractivity contribution in [1.82, 2.24) is 9.88 Å². The Morgan fingerprint density at radius 2 is 1.96 bits per heavy atom. The number of anilines is 1. The molecular weight excluding hydrogens is 324 g/mol. The van der Waals surface area contributed by atoms with Gasteiger partial charge in [0.2, 0.25) is 5.91 Å². The molecule has 5 nitrogen and oxygen atoms in total. The van der Waals surface area contributed by atoms with Crippen LogP contribution in [0.15, 0.2) is 42.6 Å². The van der Waals surface area contributed by atoms with E-state index >= 15 is 0 Å². The average Bonchev–Trinajstić information content (AvgIpc) is 3.11. The minimum atomic E-state index is 0.243. The molecular formula is C21H22N4O. The highest BCUT2D eigenvalue weighted by molar-refractivity contribution is 5.77. The average molecular weight is 346 g/mol. The molecule has 1 atom stereocenters. The zero-order valence-corrected chi connectivity index (χ0v) is 14.8. The maximum absolute atomic E-state index is 12.8. The maximum Gasteiger partial charge on any atom is 0.223 e. The Balaban J connectivity index is 1.37. The number of piperazine rings is 1. The van der Waals surface area contributed by atoms with Gasteiger partial charge in [0, 0.05) is 38.8 Å². The second kappa shape index (κ2) is 7.17. The predicted molar refractivity (Wildman–Crippen MR) is 99.9 cm³/mol. The molecule has 0 N–H and O–H groups in total. The van der Waals surface area contributed by atoms with E-state index in [1.54, 1.807) is 18.3 Å². The molecule has 26 heavy (non-hydrogen) atoms. The first-order valence-corrected chi connectivity index (χ1v) is 9.22. The standard InChI is InChI=1S/C21H22N4O/c22-15-18-5-3-9-23-21(18)25-12-10-24(11-13-25)20(26)14-17-8-7-16-4-1-2-6-19(16)17/h1-6,9,17H,7-8,10-14H2/t17-/m0/s1. The first kappa shape index (κ1) is 16.6. The lowest BCUT2D eigenvalue weighted by Gasteiger charge is -2.36. The van der Waals surface area contributed by atoms with Gasteiger partial charge in [0.05, 0.1) is 5.56 Å². The van der Waals surface area contributed by atoms with Crippen LogP contribution in [0.4, 0.5) is 5.82 Å². The highest BCUT2D eigenvalue weighted by atomic mass is 16.2. The molecule has 2 aromatic rings. The number of benzene rings is 1. The summed E-state index contributed by atoms with van der Waals surface area (Å²) in [5, 5.41) is 9.25. The van der Waals surface area contributed by atoms with Crippen molar-refractivity contribution in [2.45, 2.75) is 25.2 Å². The van der Waals surface area contributed by atoms with Gasteiger partial charge in [-0.25, -0.2) is 4.98 Å². The van der Waals surface area contributed by atoms with E-state index in [0.29, 0.717) is 31.0 Å². The van der Waals surface area contributed by atoms with Gasteiger partial charge in [0.25, 0.3) is 0 Å². The first-order valence-electron chi connectivity index (χ1n) is 9.22. The number of pyridine rings is 1. The molecule has 0 radical (unpaired) electrons. The quantitative estimate of drug-likeness (QED) is 0.857. The SMILES string of the molecule is N#Cc1cccnc1N1CCN(C(=O)C[C@@H]2CCc3ccccc32)CC1. The molecule has 0 spiro atoms. The van der Waals surface area contributed by atoms with Crippen LogP contribution in [0.5, 0.6) is 0 Å². The Kier molecular flexibility index (Phi) is 4.57. The number of nitriles is 1. The molecule has 0 unspecified atom stereocenters. The van der Waals surface area contributed by atoms with E-state index < -0.39 is 0 Å². The molecule has 1 saturated heterocycles. The number of amides is 1. The number of rotatable bonds is 3. The summed E-state index contributed by atoms with van der Waals surface area (Å²) in [6.07, 6.45) is 4.47. The number of carbonyl (C=O) groups is 1. The van der Waals surface area contributed by atoms with Crippen LogP contribution in [0, 0.1) is 11.3 Å². The number of fused-ring (bicyclic) bond motifs is 1. The van der Waals surface area contributed by atoms with E-state index in [1.165, 1.54) is 11.1 Å². The van der Waals surface area contributed by atoms with Gasteiger partial charge in [-0.1, -0.05) is 24.3 Å². The Labute approximate surface area is 153 Å². The van der Waals surface area contributed by atoms with Crippen molar-refractivity contribution in [3.05, 3.63) is 59.3 Å². The molecule has 4 rings (SSSR count). The third-order valence-electron chi connectivity index (χ3n) is 5.52. The van der Waals surface area contributed by atoms with Crippen molar-refractivity contribution in [3.8, 4) is 6.07 Å². The summed E-state index contributed by atoms with van der Waals surface area (Å²) < 4.78 is 0. The summed E-state index contributed by atoms with van der Waals surface area (Å²) in [4.78, 5) is 21.2. The van der Waals surface area contributed by atoms with Gasteiger partial charge in [-0.15, -0.1) is 0 Å². The molecule has 132 valence electrons. The van der Waals surface area contributed by atoms with Crippen molar-refractivity contribution >= 4 is 11.7 Å². The van der Waals surface area contributed by atoms with Gasteiger partial charge in [-0.2, -0.15) is 5.26 Å². The highest BCUT2D eigenvalue weighted by Gasteiger charge is 2.28. The van der Waals surface area contributed by atoms with E-state index in [0.717, 1.165) is 31.7 Å². The Bertz CT molecular complexity index is 849. The van der Waals surface area contributed by atoms with Crippen LogP contribution in [0.3, 0.4) is 0 Å². The topological polar surface area (TPSA) is 60.2 Å². The molecule has 1 fully saturated rings. The van der Waals surface area contributed by atoms with Crippen LogP contribution in [0.2, 0.25) is 0 Å². The number of nitrogens with zero attached hydrogens (tertiary/aromatic N) is 4. The maximum atomic E-state index is 12.8. The van der Waals surface area contributed by atoms with E-state index in [1.807, 2.05) is 4.90 Å². The number of carbonyl (C=O) groups excluding carboxylic acids is 1. The monoisotopic (exact) mass is 346 g/mol. The lowest BCUT2D eigenvalue weighted by Crippen LogP contribution is -2.49. The molecule has 2 aliphatic rings. The molecule has 1 aliphatic heterocycles. The van der Waals surface area contributed by atoms with Crippen LogP contribution in [-0.2, 0) is 11.2 Å². The molecule has 1 amide bonds. The molecule has 1 aromatic heterocycles. The van der Waals surface area contributed by atoms with E-state index in [9.17, 15) is 10.1 Å². The van der Waals surface area contributed by atoms with Gasteiger partial charge >= 0.3 is 0 Å². The fourth-order valence-electron chi connectivity index (χ4n) is 4.10. The number of aromatic nitrogens is 1. The van der Waals surface area contributed by atoms with Gasteiger partial charge < -0.3 is 9.80 Å². The van der Waals surface area contributed by atoms with Crippen molar-refractivity contribution in [2.24, 2.45) is 0 Å². The second-order valence-corrected chi connectivity index (χ2v) is 6.99. The molecule has 2 heterocycles. The summed E-state index contributed by atoms with van der Waals surface area (Å²) in [7, 11) is 0. The predicted octanol–water partition coefficient (Wildman–Crippen LogP) is 2.72. The minimum absolute atomic E-state index is 0.243. The fraction of sp³-hybridized carbons (Fsp3) is 0.381. The molecule has 1 aromatic carbocycles. The second-order valence-electron chi connectivity index (χ2n) is 6.99. The summed E-state index contributed by atoms with van der Waals surface area (Å²) in [6.45, 7) is 2.82. The van der Waals surface area contributed by atoms with Crippen LogP contribution in [0.25, 0.3) is 0 Å². The normalized spacial score (nSPS) is 19.1. The zero-order chi connectivity index (χ0) is 17.9. The van der Waals surface area contributed by atoms with Crippen molar-refractivity contribution in [1.29, 1.82) is 5.26 Å². The third-order valence-corrected chi connectivity index (χ3v) is 5.52. The largest absolute Gasteiger partial charge is 0.352 e. The molecule has 1 aliphatic carbocycles. The summed E-state index contributed by atoms with van der Waals surface area (Å²) in [6, 6.07) is 14.3. The Morgan fingerprint density at radius 1 is 1.15 bits per heavy atom. The number of hydrogen-bond donors (Lipinski definition) is 0. The molecule has 5 heteroatoms. The number of aryl methyl sites for hydroxylation is 1. The summed E-state index contributed by atoms with van der Waals surface area (Å²) >= 11 is 0. The Morgan fingerprint density at radius 3 is 2.77 bits per heavy atom. The third kappa shape index (κ3) is 3.15. The smallest absolute Gasteiger partial charge is 0.223 e. The van der Waals surface area contributed by atoms with Crippen LogP contribution >= 0.6 is 0 Å². The Hall–Kier alpha value is -2.87. The van der Waals surface area contributed by atoms with Crippen LogP contribution < -0.4 is 4.90 Å².